The van der Waals surface area contributed by atoms with Crippen LogP contribution in [0.5, 0.6) is 0 Å². The zero-order chi connectivity index (χ0) is 15.7. The van der Waals surface area contributed by atoms with Gasteiger partial charge in [-0.3, -0.25) is 4.79 Å². The molecule has 0 radical (unpaired) electrons. The molecule has 1 N–H and O–H groups in total. The third-order valence-electron chi connectivity index (χ3n) is 3.64. The van der Waals surface area contributed by atoms with Gasteiger partial charge in [-0.25, -0.2) is 9.97 Å². The Balaban J connectivity index is 1.96. The van der Waals surface area contributed by atoms with Crippen LogP contribution in [0.25, 0.3) is 0 Å². The average Bonchev–Trinajstić information content (AvgIpc) is 2.90. The van der Waals surface area contributed by atoms with Gasteiger partial charge < -0.3 is 10.2 Å². The number of para-hydroxylation sites is 1. The first-order chi connectivity index (χ1) is 10.5. The molecule has 5 nitrogen and oxygen atoms in total. The van der Waals surface area contributed by atoms with E-state index in [2.05, 4.69) is 38.4 Å². The summed E-state index contributed by atoms with van der Waals surface area (Å²) in [7, 11) is 0. The maximum Gasteiger partial charge on any atom is 0.270 e. The van der Waals surface area contributed by atoms with Crippen molar-refractivity contribution >= 4 is 17.4 Å². The lowest BCUT2D eigenvalue weighted by molar-refractivity contribution is 0.0937. The highest BCUT2D eigenvalue weighted by Gasteiger charge is 2.22. The van der Waals surface area contributed by atoms with E-state index in [1.165, 1.54) is 5.56 Å². The topological polar surface area (TPSA) is 58.1 Å². The highest BCUT2D eigenvalue weighted by Crippen LogP contribution is 2.33. The normalized spacial score (nSPS) is 13.4. The molecule has 0 fully saturated rings. The van der Waals surface area contributed by atoms with Crippen LogP contribution < -0.4 is 10.2 Å². The molecule has 1 aromatic carbocycles. The second-order valence-corrected chi connectivity index (χ2v) is 5.82. The number of anilines is 2. The third-order valence-corrected chi connectivity index (χ3v) is 3.64. The molecule has 5 heteroatoms. The van der Waals surface area contributed by atoms with Gasteiger partial charge in [0.25, 0.3) is 5.91 Å². The van der Waals surface area contributed by atoms with Crippen LogP contribution in [0.1, 0.15) is 35.7 Å². The first-order valence-electron chi connectivity index (χ1n) is 7.56. The summed E-state index contributed by atoms with van der Waals surface area (Å²) in [5.41, 5.74) is 2.89. The molecule has 1 aromatic heterocycles. The smallest absolute Gasteiger partial charge is 0.270 e. The number of aromatic nitrogens is 2. The van der Waals surface area contributed by atoms with E-state index in [0.29, 0.717) is 11.5 Å². The molecule has 1 amide bonds. The first kappa shape index (κ1) is 14.5. The number of rotatable bonds is 3. The van der Waals surface area contributed by atoms with E-state index in [4.69, 9.17) is 0 Å². The van der Waals surface area contributed by atoms with Crippen molar-refractivity contribution in [1.82, 2.24) is 15.3 Å². The number of carbonyl (C=O) groups excluding carboxylic acids is 1. The average molecular weight is 296 g/mol. The molecule has 1 aliphatic rings. The second-order valence-electron chi connectivity index (χ2n) is 5.82. The number of nitrogens with zero attached hydrogens (tertiary/aromatic N) is 3. The minimum absolute atomic E-state index is 0.0822. The van der Waals surface area contributed by atoms with E-state index in [1.54, 1.807) is 6.07 Å². The summed E-state index contributed by atoms with van der Waals surface area (Å²) < 4.78 is 0. The van der Waals surface area contributed by atoms with E-state index in [-0.39, 0.29) is 11.9 Å². The number of carbonyl (C=O) groups is 1. The highest BCUT2D eigenvalue weighted by molar-refractivity contribution is 5.93. The quantitative estimate of drug-likeness (QED) is 0.946. The Labute approximate surface area is 130 Å². The van der Waals surface area contributed by atoms with Crippen LogP contribution in [0.4, 0.5) is 11.5 Å². The Morgan fingerprint density at radius 3 is 2.82 bits per heavy atom. The Hall–Kier alpha value is -2.43. The molecular formula is C17H20N4O. The molecule has 2 heterocycles. The van der Waals surface area contributed by atoms with Gasteiger partial charge in [0.1, 0.15) is 17.3 Å². The van der Waals surface area contributed by atoms with Crippen molar-refractivity contribution in [2.24, 2.45) is 0 Å². The van der Waals surface area contributed by atoms with Gasteiger partial charge in [-0.15, -0.1) is 0 Å². The molecule has 3 rings (SSSR count). The Morgan fingerprint density at radius 1 is 1.27 bits per heavy atom. The fourth-order valence-electron chi connectivity index (χ4n) is 2.72. The van der Waals surface area contributed by atoms with Crippen molar-refractivity contribution in [2.45, 2.75) is 33.2 Å². The SMILES string of the molecule is Cc1nc(C(=O)NC(C)C)cc(N2CCc3ccccc32)n1. The number of nitrogens with one attached hydrogen (secondary N) is 1. The van der Waals surface area contributed by atoms with Crippen molar-refractivity contribution in [3.8, 4) is 0 Å². The molecule has 2 aromatic rings. The van der Waals surface area contributed by atoms with E-state index in [1.807, 2.05) is 26.8 Å². The van der Waals surface area contributed by atoms with E-state index >= 15 is 0 Å². The highest BCUT2D eigenvalue weighted by atomic mass is 16.1. The molecule has 0 bridgehead atoms. The zero-order valence-electron chi connectivity index (χ0n) is 13.1. The van der Waals surface area contributed by atoms with Gasteiger partial charge in [-0.05, 0) is 38.8 Å². The standard InChI is InChI=1S/C17H20N4O/c1-11(2)18-17(22)14-10-16(20-12(3)19-14)21-9-8-13-6-4-5-7-15(13)21/h4-7,10-11H,8-9H2,1-3H3,(H,18,22). The lowest BCUT2D eigenvalue weighted by Crippen LogP contribution is -2.31. The Kier molecular flexibility index (Phi) is 3.79. The molecular weight excluding hydrogens is 276 g/mol. The van der Waals surface area contributed by atoms with Crippen molar-refractivity contribution in [1.29, 1.82) is 0 Å². The maximum absolute atomic E-state index is 12.2. The van der Waals surface area contributed by atoms with Gasteiger partial charge in [-0.2, -0.15) is 0 Å². The van der Waals surface area contributed by atoms with Crippen molar-refractivity contribution in [3.63, 3.8) is 0 Å². The fraction of sp³-hybridized carbons (Fsp3) is 0.353. The van der Waals surface area contributed by atoms with Crippen LogP contribution in [0.3, 0.4) is 0 Å². The lowest BCUT2D eigenvalue weighted by atomic mass is 10.2. The summed E-state index contributed by atoms with van der Waals surface area (Å²) in [6.45, 7) is 6.56. The van der Waals surface area contributed by atoms with Gasteiger partial charge in [-0.1, -0.05) is 18.2 Å². The summed E-state index contributed by atoms with van der Waals surface area (Å²) in [5, 5.41) is 2.88. The third kappa shape index (κ3) is 2.79. The van der Waals surface area contributed by atoms with E-state index < -0.39 is 0 Å². The van der Waals surface area contributed by atoms with Crippen LogP contribution >= 0.6 is 0 Å². The summed E-state index contributed by atoms with van der Waals surface area (Å²) >= 11 is 0. The van der Waals surface area contributed by atoms with Crippen LogP contribution in [-0.2, 0) is 6.42 Å². The summed E-state index contributed by atoms with van der Waals surface area (Å²) in [4.78, 5) is 23.1. The van der Waals surface area contributed by atoms with Crippen LogP contribution in [0, 0.1) is 6.92 Å². The summed E-state index contributed by atoms with van der Waals surface area (Å²) in [5.74, 6) is 1.23. The molecule has 0 saturated heterocycles. The molecule has 0 aliphatic carbocycles. The molecule has 1 aliphatic heterocycles. The number of aryl methyl sites for hydroxylation is 1. The van der Waals surface area contributed by atoms with Crippen molar-refractivity contribution in [3.05, 3.63) is 47.4 Å². The number of benzene rings is 1. The minimum Gasteiger partial charge on any atom is -0.349 e. The van der Waals surface area contributed by atoms with Crippen LogP contribution in [-0.4, -0.2) is 28.5 Å². The van der Waals surface area contributed by atoms with Crippen LogP contribution in [0.15, 0.2) is 30.3 Å². The predicted octanol–water partition coefficient (Wildman–Crippen LogP) is 2.62. The second kappa shape index (κ2) is 5.75. The molecule has 22 heavy (non-hydrogen) atoms. The number of hydrogen-bond acceptors (Lipinski definition) is 4. The Bertz CT molecular complexity index is 712. The number of amides is 1. The minimum atomic E-state index is -0.158. The zero-order valence-corrected chi connectivity index (χ0v) is 13.1. The van der Waals surface area contributed by atoms with Gasteiger partial charge in [0.05, 0.1) is 0 Å². The lowest BCUT2D eigenvalue weighted by Gasteiger charge is -2.19. The van der Waals surface area contributed by atoms with Crippen molar-refractivity contribution < 1.29 is 4.79 Å². The van der Waals surface area contributed by atoms with Gasteiger partial charge >= 0.3 is 0 Å². The Morgan fingerprint density at radius 2 is 2.05 bits per heavy atom. The van der Waals surface area contributed by atoms with Gasteiger partial charge in [0.15, 0.2) is 0 Å². The van der Waals surface area contributed by atoms with Crippen LogP contribution in [0.2, 0.25) is 0 Å². The molecule has 0 spiro atoms. The van der Waals surface area contributed by atoms with E-state index in [9.17, 15) is 4.79 Å². The van der Waals surface area contributed by atoms with Gasteiger partial charge in [0, 0.05) is 24.3 Å². The molecule has 0 unspecified atom stereocenters. The predicted molar refractivity (Wildman–Crippen MR) is 86.5 cm³/mol. The fourth-order valence-corrected chi connectivity index (χ4v) is 2.72. The van der Waals surface area contributed by atoms with Gasteiger partial charge in [0.2, 0.25) is 0 Å². The maximum atomic E-state index is 12.2. The monoisotopic (exact) mass is 296 g/mol. The summed E-state index contributed by atoms with van der Waals surface area (Å²) in [6.07, 6.45) is 0.993. The molecule has 0 saturated carbocycles. The number of hydrogen-bond donors (Lipinski definition) is 1. The summed E-state index contributed by atoms with van der Waals surface area (Å²) in [6, 6.07) is 10.2. The van der Waals surface area contributed by atoms with Crippen molar-refractivity contribution in [2.75, 3.05) is 11.4 Å². The number of fused-ring (bicyclic) bond motifs is 1. The van der Waals surface area contributed by atoms with E-state index in [0.717, 1.165) is 24.5 Å². The first-order valence-corrected chi connectivity index (χ1v) is 7.56. The molecule has 0 atom stereocenters. The molecule has 114 valence electrons. The largest absolute Gasteiger partial charge is 0.349 e.